The summed E-state index contributed by atoms with van der Waals surface area (Å²) in [6.07, 6.45) is 1.73. The lowest BCUT2D eigenvalue weighted by molar-refractivity contribution is -0.384. The molecular formula is C9H9IN2O2. The lowest BCUT2D eigenvalue weighted by Gasteiger charge is -2.05. The van der Waals surface area contributed by atoms with Crippen LogP contribution in [0.3, 0.4) is 0 Å². The zero-order chi connectivity index (χ0) is 10.6. The first-order valence-electron chi connectivity index (χ1n) is 3.94. The van der Waals surface area contributed by atoms with Crippen molar-refractivity contribution in [1.29, 1.82) is 0 Å². The fourth-order valence-corrected chi connectivity index (χ4v) is 1.63. The van der Waals surface area contributed by atoms with Crippen molar-refractivity contribution in [2.75, 3.05) is 11.9 Å². The molecule has 0 aliphatic rings. The highest BCUT2D eigenvalue weighted by molar-refractivity contribution is 14.1. The average molecular weight is 304 g/mol. The highest BCUT2D eigenvalue weighted by Gasteiger charge is 2.07. The summed E-state index contributed by atoms with van der Waals surface area (Å²) in [5.41, 5.74) is 0.995. The van der Waals surface area contributed by atoms with E-state index in [1.54, 1.807) is 12.1 Å². The summed E-state index contributed by atoms with van der Waals surface area (Å²) in [5.74, 6) is 0. The summed E-state index contributed by atoms with van der Waals surface area (Å²) < 4.78 is 0.832. The summed E-state index contributed by atoms with van der Waals surface area (Å²) in [6, 6.07) is 4.71. The average Bonchev–Trinajstić information content (AvgIpc) is 2.15. The molecule has 0 saturated heterocycles. The number of nitro benzene ring substituents is 1. The molecule has 1 aromatic rings. The number of nitrogens with one attached hydrogen (secondary N) is 1. The second-order valence-electron chi connectivity index (χ2n) is 2.59. The lowest BCUT2D eigenvalue weighted by Crippen LogP contribution is -2.00. The molecule has 0 amide bonds. The summed E-state index contributed by atoms with van der Waals surface area (Å²) in [6.45, 7) is 4.22. The quantitative estimate of drug-likeness (QED) is 0.403. The molecule has 0 saturated carbocycles. The Morgan fingerprint density at radius 3 is 2.86 bits per heavy atom. The molecule has 5 heteroatoms. The number of benzene rings is 1. The van der Waals surface area contributed by atoms with E-state index in [-0.39, 0.29) is 5.69 Å². The van der Waals surface area contributed by atoms with Gasteiger partial charge in [-0.3, -0.25) is 10.1 Å². The van der Waals surface area contributed by atoms with Gasteiger partial charge in [-0.2, -0.15) is 0 Å². The van der Waals surface area contributed by atoms with E-state index < -0.39 is 4.92 Å². The number of halogens is 1. The van der Waals surface area contributed by atoms with Crippen LogP contribution in [-0.2, 0) is 0 Å². The Kier molecular flexibility index (Phi) is 3.87. The Balaban J connectivity index is 2.89. The molecule has 0 bridgehead atoms. The Labute approximate surface area is 95.3 Å². The maximum atomic E-state index is 10.4. The van der Waals surface area contributed by atoms with Gasteiger partial charge >= 0.3 is 0 Å². The van der Waals surface area contributed by atoms with Crippen molar-refractivity contribution in [3.05, 3.63) is 44.5 Å². The van der Waals surface area contributed by atoms with Crippen molar-refractivity contribution in [3.63, 3.8) is 0 Å². The van der Waals surface area contributed by atoms with Crippen LogP contribution in [-0.4, -0.2) is 11.5 Å². The first-order valence-corrected chi connectivity index (χ1v) is 5.01. The Morgan fingerprint density at radius 1 is 1.64 bits per heavy atom. The molecule has 0 aliphatic heterocycles. The Hall–Kier alpha value is -1.11. The molecule has 1 rings (SSSR count). The summed E-state index contributed by atoms with van der Waals surface area (Å²) in [7, 11) is 0. The smallest absolute Gasteiger partial charge is 0.270 e. The molecule has 0 unspecified atom stereocenters. The summed E-state index contributed by atoms with van der Waals surface area (Å²) in [4.78, 5) is 10.0. The first-order chi connectivity index (χ1) is 6.65. The Bertz CT molecular complexity index is 366. The van der Waals surface area contributed by atoms with E-state index in [1.165, 1.54) is 12.1 Å². The molecule has 0 aliphatic carbocycles. The van der Waals surface area contributed by atoms with Crippen LogP contribution in [0.1, 0.15) is 0 Å². The van der Waals surface area contributed by atoms with Crippen LogP contribution in [0.25, 0.3) is 0 Å². The van der Waals surface area contributed by atoms with E-state index in [1.807, 2.05) is 0 Å². The third kappa shape index (κ3) is 2.69. The molecule has 74 valence electrons. The minimum absolute atomic E-state index is 0.110. The second kappa shape index (κ2) is 4.94. The van der Waals surface area contributed by atoms with Crippen LogP contribution < -0.4 is 5.32 Å². The highest BCUT2D eigenvalue weighted by atomic mass is 127. The highest BCUT2D eigenvalue weighted by Crippen LogP contribution is 2.23. The van der Waals surface area contributed by atoms with Crippen molar-refractivity contribution in [1.82, 2.24) is 0 Å². The van der Waals surface area contributed by atoms with E-state index in [2.05, 4.69) is 34.5 Å². The van der Waals surface area contributed by atoms with Gasteiger partial charge in [-0.15, -0.1) is 6.58 Å². The van der Waals surface area contributed by atoms with E-state index in [0.29, 0.717) is 6.54 Å². The molecule has 14 heavy (non-hydrogen) atoms. The first kappa shape index (κ1) is 11.0. The zero-order valence-corrected chi connectivity index (χ0v) is 9.52. The number of hydrogen-bond acceptors (Lipinski definition) is 3. The number of nitrogens with zero attached hydrogens (tertiary/aromatic N) is 1. The van der Waals surface area contributed by atoms with Crippen molar-refractivity contribution in [2.24, 2.45) is 0 Å². The van der Waals surface area contributed by atoms with Crippen molar-refractivity contribution < 1.29 is 4.92 Å². The van der Waals surface area contributed by atoms with E-state index in [9.17, 15) is 10.1 Å². The van der Waals surface area contributed by atoms with Crippen molar-refractivity contribution in [2.45, 2.75) is 0 Å². The predicted molar refractivity (Wildman–Crippen MR) is 64.5 cm³/mol. The van der Waals surface area contributed by atoms with Crippen LogP contribution >= 0.6 is 22.6 Å². The lowest BCUT2D eigenvalue weighted by atomic mass is 10.3. The second-order valence-corrected chi connectivity index (χ2v) is 3.75. The van der Waals surface area contributed by atoms with Gasteiger partial charge in [0.1, 0.15) is 0 Å². The molecule has 1 N–H and O–H groups in total. The fourth-order valence-electron chi connectivity index (χ4n) is 0.943. The zero-order valence-electron chi connectivity index (χ0n) is 7.37. The number of anilines is 1. The molecule has 1 aromatic carbocycles. The standard InChI is InChI=1S/C9H9IN2O2/c1-2-5-11-9-4-3-7(12(13)14)6-8(9)10/h2-4,6,11H,1,5H2. The molecule has 0 spiro atoms. The summed E-state index contributed by atoms with van der Waals surface area (Å²) in [5, 5.41) is 13.5. The molecule has 0 atom stereocenters. The van der Waals surface area contributed by atoms with Crippen LogP contribution in [0.2, 0.25) is 0 Å². The van der Waals surface area contributed by atoms with Gasteiger partial charge in [0.05, 0.1) is 4.92 Å². The topological polar surface area (TPSA) is 55.2 Å². The SMILES string of the molecule is C=CCNc1ccc([N+](=O)[O-])cc1I. The number of rotatable bonds is 4. The van der Waals surface area contributed by atoms with Crippen LogP contribution in [0.5, 0.6) is 0 Å². The van der Waals surface area contributed by atoms with Crippen LogP contribution in [0, 0.1) is 13.7 Å². The molecular weight excluding hydrogens is 295 g/mol. The van der Waals surface area contributed by atoms with Gasteiger partial charge < -0.3 is 5.32 Å². The molecule has 0 fully saturated rings. The van der Waals surface area contributed by atoms with E-state index in [4.69, 9.17) is 0 Å². The molecule has 0 aromatic heterocycles. The molecule has 4 nitrogen and oxygen atoms in total. The van der Waals surface area contributed by atoms with Gasteiger partial charge in [0.25, 0.3) is 5.69 Å². The van der Waals surface area contributed by atoms with Crippen LogP contribution in [0.4, 0.5) is 11.4 Å². The Morgan fingerprint density at radius 2 is 2.36 bits per heavy atom. The number of nitro groups is 1. The van der Waals surface area contributed by atoms with E-state index in [0.717, 1.165) is 9.26 Å². The summed E-state index contributed by atoms with van der Waals surface area (Å²) >= 11 is 2.06. The van der Waals surface area contributed by atoms with Crippen LogP contribution in [0.15, 0.2) is 30.9 Å². The van der Waals surface area contributed by atoms with Gasteiger partial charge in [0.15, 0.2) is 0 Å². The fraction of sp³-hybridized carbons (Fsp3) is 0.111. The predicted octanol–water partition coefficient (Wildman–Crippen LogP) is 2.80. The maximum absolute atomic E-state index is 10.4. The van der Waals surface area contributed by atoms with Gasteiger partial charge in [0, 0.05) is 27.9 Å². The van der Waals surface area contributed by atoms with Crippen molar-refractivity contribution >= 4 is 34.0 Å². The molecule has 0 radical (unpaired) electrons. The van der Waals surface area contributed by atoms with Crippen molar-refractivity contribution in [3.8, 4) is 0 Å². The van der Waals surface area contributed by atoms with Gasteiger partial charge in [-0.25, -0.2) is 0 Å². The minimum Gasteiger partial charge on any atom is -0.381 e. The normalized spacial score (nSPS) is 9.50. The van der Waals surface area contributed by atoms with Gasteiger partial charge in [0.2, 0.25) is 0 Å². The monoisotopic (exact) mass is 304 g/mol. The third-order valence-corrected chi connectivity index (χ3v) is 2.49. The number of non-ortho nitro benzene ring substituents is 1. The maximum Gasteiger partial charge on any atom is 0.270 e. The molecule has 0 heterocycles. The van der Waals surface area contributed by atoms with E-state index >= 15 is 0 Å². The third-order valence-electron chi connectivity index (χ3n) is 1.60. The number of hydrogen-bond donors (Lipinski definition) is 1. The van der Waals surface area contributed by atoms with Gasteiger partial charge in [-0.1, -0.05) is 6.08 Å². The largest absolute Gasteiger partial charge is 0.381 e. The minimum atomic E-state index is -0.403. The van der Waals surface area contributed by atoms with Gasteiger partial charge in [-0.05, 0) is 28.7 Å².